The van der Waals surface area contributed by atoms with Crippen LogP contribution < -0.4 is 5.56 Å². The molecule has 0 amide bonds. The highest BCUT2D eigenvalue weighted by atomic mass is 79.9. The van der Waals surface area contributed by atoms with E-state index in [-0.39, 0.29) is 5.56 Å². The lowest BCUT2D eigenvalue weighted by atomic mass is 10.4. The van der Waals surface area contributed by atoms with Crippen LogP contribution in [0.3, 0.4) is 0 Å². The SMILES string of the molecule is O=c1c(Br)cccn1Cc1nccs1. The predicted molar refractivity (Wildman–Crippen MR) is 59.6 cm³/mol. The molecule has 5 heteroatoms. The number of hydrogen-bond acceptors (Lipinski definition) is 3. The summed E-state index contributed by atoms with van der Waals surface area (Å²) in [6.45, 7) is 0.538. The number of hydrogen-bond donors (Lipinski definition) is 0. The van der Waals surface area contributed by atoms with Crippen LogP contribution in [0.1, 0.15) is 5.01 Å². The van der Waals surface area contributed by atoms with E-state index in [1.165, 1.54) is 0 Å². The molecule has 0 saturated heterocycles. The Bertz CT molecular complexity index is 478. The third-order valence-electron chi connectivity index (χ3n) is 1.76. The van der Waals surface area contributed by atoms with Gasteiger partial charge in [0.05, 0.1) is 11.0 Å². The molecule has 2 aromatic heterocycles. The summed E-state index contributed by atoms with van der Waals surface area (Å²) >= 11 is 4.75. The number of aromatic nitrogens is 2. The molecule has 0 N–H and O–H groups in total. The van der Waals surface area contributed by atoms with Crippen LogP contribution in [0.4, 0.5) is 0 Å². The molecular formula is C9H7BrN2OS. The van der Waals surface area contributed by atoms with Crippen molar-refractivity contribution in [2.45, 2.75) is 6.54 Å². The van der Waals surface area contributed by atoms with Crippen LogP contribution in [0.25, 0.3) is 0 Å². The fourth-order valence-electron chi connectivity index (χ4n) is 1.11. The zero-order valence-electron chi connectivity index (χ0n) is 7.18. The maximum Gasteiger partial charge on any atom is 0.265 e. The third kappa shape index (κ3) is 1.93. The largest absolute Gasteiger partial charge is 0.308 e. The summed E-state index contributed by atoms with van der Waals surface area (Å²) in [6, 6.07) is 3.57. The summed E-state index contributed by atoms with van der Waals surface area (Å²) < 4.78 is 2.21. The monoisotopic (exact) mass is 270 g/mol. The molecule has 3 nitrogen and oxygen atoms in total. The van der Waals surface area contributed by atoms with E-state index in [0.717, 1.165) is 5.01 Å². The zero-order chi connectivity index (χ0) is 9.97. The minimum Gasteiger partial charge on any atom is -0.308 e. The molecule has 2 aromatic rings. The van der Waals surface area contributed by atoms with Gasteiger partial charge in [-0.2, -0.15) is 0 Å². The Morgan fingerprint density at radius 1 is 1.57 bits per heavy atom. The average molecular weight is 271 g/mol. The van der Waals surface area contributed by atoms with Gasteiger partial charge in [-0.25, -0.2) is 4.98 Å². The molecule has 0 aliphatic rings. The number of thiazole rings is 1. The van der Waals surface area contributed by atoms with Gasteiger partial charge in [-0.3, -0.25) is 4.79 Å². The van der Waals surface area contributed by atoms with Crippen molar-refractivity contribution in [3.8, 4) is 0 Å². The lowest BCUT2D eigenvalue weighted by Gasteiger charge is -2.02. The molecular weight excluding hydrogens is 264 g/mol. The minimum absolute atomic E-state index is 0.0253. The first-order valence-electron chi connectivity index (χ1n) is 4.01. The third-order valence-corrected chi connectivity index (χ3v) is 3.13. The quantitative estimate of drug-likeness (QED) is 0.838. The first kappa shape index (κ1) is 9.61. The van der Waals surface area contributed by atoms with Gasteiger partial charge in [0, 0.05) is 17.8 Å². The molecule has 0 aromatic carbocycles. The van der Waals surface area contributed by atoms with Gasteiger partial charge in [0.15, 0.2) is 0 Å². The van der Waals surface area contributed by atoms with Crippen LogP contribution in [-0.4, -0.2) is 9.55 Å². The van der Waals surface area contributed by atoms with Gasteiger partial charge in [-0.15, -0.1) is 11.3 Å². The van der Waals surface area contributed by atoms with E-state index in [9.17, 15) is 4.79 Å². The molecule has 0 unspecified atom stereocenters. The van der Waals surface area contributed by atoms with Gasteiger partial charge < -0.3 is 4.57 Å². The van der Waals surface area contributed by atoms with E-state index >= 15 is 0 Å². The number of nitrogens with zero attached hydrogens (tertiary/aromatic N) is 2. The lowest BCUT2D eigenvalue weighted by molar-refractivity contribution is 0.750. The Hall–Kier alpha value is -0.940. The predicted octanol–water partition coefficient (Wildman–Crippen LogP) is 2.12. The van der Waals surface area contributed by atoms with E-state index in [1.54, 1.807) is 34.4 Å². The van der Waals surface area contributed by atoms with Crippen LogP contribution in [-0.2, 0) is 6.54 Å². The van der Waals surface area contributed by atoms with Crippen molar-refractivity contribution in [2.75, 3.05) is 0 Å². The summed E-state index contributed by atoms with van der Waals surface area (Å²) in [7, 11) is 0. The van der Waals surface area contributed by atoms with Crippen molar-refractivity contribution >= 4 is 27.3 Å². The summed E-state index contributed by atoms with van der Waals surface area (Å²) in [4.78, 5) is 15.7. The van der Waals surface area contributed by atoms with Crippen molar-refractivity contribution in [2.24, 2.45) is 0 Å². The molecule has 0 fully saturated rings. The van der Waals surface area contributed by atoms with Crippen LogP contribution in [0.2, 0.25) is 0 Å². The standard InChI is InChI=1S/C9H7BrN2OS/c10-7-2-1-4-12(9(7)13)6-8-11-3-5-14-8/h1-5H,6H2. The second kappa shape index (κ2) is 4.06. The average Bonchev–Trinajstić information content (AvgIpc) is 2.66. The Morgan fingerprint density at radius 3 is 3.14 bits per heavy atom. The second-order valence-electron chi connectivity index (χ2n) is 2.72. The lowest BCUT2D eigenvalue weighted by Crippen LogP contribution is -2.19. The van der Waals surface area contributed by atoms with Gasteiger partial charge in [0.2, 0.25) is 0 Å². The Kier molecular flexibility index (Phi) is 2.79. The van der Waals surface area contributed by atoms with Crippen molar-refractivity contribution in [3.63, 3.8) is 0 Å². The maximum atomic E-state index is 11.6. The normalized spacial score (nSPS) is 10.4. The Morgan fingerprint density at radius 2 is 2.43 bits per heavy atom. The molecule has 0 aliphatic carbocycles. The molecule has 0 atom stereocenters. The van der Waals surface area contributed by atoms with E-state index in [4.69, 9.17) is 0 Å². The number of pyridine rings is 1. The highest BCUT2D eigenvalue weighted by molar-refractivity contribution is 9.10. The van der Waals surface area contributed by atoms with Gasteiger partial charge in [-0.05, 0) is 28.1 Å². The van der Waals surface area contributed by atoms with Gasteiger partial charge in [0.1, 0.15) is 5.01 Å². The van der Waals surface area contributed by atoms with E-state index in [0.29, 0.717) is 11.0 Å². The topological polar surface area (TPSA) is 34.9 Å². The Balaban J connectivity index is 2.34. The molecule has 0 spiro atoms. The molecule has 2 rings (SSSR count). The van der Waals surface area contributed by atoms with Crippen LogP contribution in [0, 0.1) is 0 Å². The fraction of sp³-hybridized carbons (Fsp3) is 0.111. The van der Waals surface area contributed by atoms with Crippen LogP contribution in [0.15, 0.2) is 39.2 Å². The van der Waals surface area contributed by atoms with Gasteiger partial charge >= 0.3 is 0 Å². The van der Waals surface area contributed by atoms with E-state index < -0.39 is 0 Å². The Labute approximate surface area is 93.2 Å². The molecule has 0 radical (unpaired) electrons. The summed E-state index contributed by atoms with van der Waals surface area (Å²) in [5, 5.41) is 2.84. The van der Waals surface area contributed by atoms with E-state index in [1.807, 2.05) is 11.4 Å². The smallest absolute Gasteiger partial charge is 0.265 e. The minimum atomic E-state index is -0.0253. The summed E-state index contributed by atoms with van der Waals surface area (Å²) in [6.07, 6.45) is 3.50. The van der Waals surface area contributed by atoms with Crippen molar-refractivity contribution in [1.82, 2.24) is 9.55 Å². The van der Waals surface area contributed by atoms with Crippen molar-refractivity contribution in [3.05, 3.63) is 49.7 Å². The summed E-state index contributed by atoms with van der Waals surface area (Å²) in [5.41, 5.74) is -0.0253. The van der Waals surface area contributed by atoms with Gasteiger partial charge in [0.25, 0.3) is 5.56 Å². The molecule has 0 bridgehead atoms. The highest BCUT2D eigenvalue weighted by Crippen LogP contribution is 2.06. The first-order valence-corrected chi connectivity index (χ1v) is 5.68. The number of halogens is 1. The van der Waals surface area contributed by atoms with Crippen LogP contribution >= 0.6 is 27.3 Å². The van der Waals surface area contributed by atoms with Crippen molar-refractivity contribution in [1.29, 1.82) is 0 Å². The maximum absolute atomic E-state index is 11.6. The molecule has 72 valence electrons. The summed E-state index contributed by atoms with van der Waals surface area (Å²) in [5.74, 6) is 0. The fourth-order valence-corrected chi connectivity index (χ4v) is 2.10. The second-order valence-corrected chi connectivity index (χ2v) is 4.55. The first-order chi connectivity index (χ1) is 6.77. The molecule has 14 heavy (non-hydrogen) atoms. The molecule has 0 saturated carbocycles. The molecule has 0 aliphatic heterocycles. The van der Waals surface area contributed by atoms with Gasteiger partial charge in [-0.1, -0.05) is 0 Å². The van der Waals surface area contributed by atoms with Crippen molar-refractivity contribution < 1.29 is 0 Å². The molecule has 2 heterocycles. The zero-order valence-corrected chi connectivity index (χ0v) is 9.59. The highest BCUT2D eigenvalue weighted by Gasteiger charge is 2.01. The number of rotatable bonds is 2. The van der Waals surface area contributed by atoms with Crippen LogP contribution in [0.5, 0.6) is 0 Å². The van der Waals surface area contributed by atoms with E-state index in [2.05, 4.69) is 20.9 Å².